The topological polar surface area (TPSA) is 85.2 Å². The van der Waals surface area contributed by atoms with E-state index in [4.69, 9.17) is 11.5 Å². The first-order valence-electron chi connectivity index (χ1n) is 6.32. The Hall–Kier alpha value is -1.62. The maximum atomic E-state index is 11.1. The van der Waals surface area contributed by atoms with Crippen LogP contribution in [0.1, 0.15) is 36.2 Å². The van der Waals surface area contributed by atoms with Gasteiger partial charge in [-0.05, 0) is 37.8 Å². The van der Waals surface area contributed by atoms with Gasteiger partial charge in [0.1, 0.15) is 5.69 Å². The summed E-state index contributed by atoms with van der Waals surface area (Å²) >= 11 is 0. The average Bonchev–Trinajstić information content (AvgIpc) is 2.39. The summed E-state index contributed by atoms with van der Waals surface area (Å²) in [6, 6.07) is 4.47. The smallest absolute Gasteiger partial charge is 0.267 e. The number of nitrogens with two attached hydrogens (primary N) is 2. The Morgan fingerprint density at radius 2 is 2.06 bits per heavy atom. The highest BCUT2D eigenvalue weighted by atomic mass is 16.1. The Kier molecular flexibility index (Phi) is 3.81. The van der Waals surface area contributed by atoms with E-state index in [9.17, 15) is 4.79 Å². The maximum Gasteiger partial charge on any atom is 0.267 e. The number of carbonyl (C=O) groups excluding carboxylic acids is 1. The average molecular weight is 248 g/mol. The number of pyridine rings is 1. The number of aromatic nitrogens is 1. The molecule has 0 unspecified atom stereocenters. The van der Waals surface area contributed by atoms with Crippen LogP contribution in [0.5, 0.6) is 0 Å². The van der Waals surface area contributed by atoms with Gasteiger partial charge in [-0.15, -0.1) is 0 Å². The highest BCUT2D eigenvalue weighted by Crippen LogP contribution is 2.25. The second-order valence-electron chi connectivity index (χ2n) is 4.94. The zero-order chi connectivity index (χ0) is 13.1. The van der Waals surface area contributed by atoms with E-state index in [1.54, 1.807) is 12.3 Å². The van der Waals surface area contributed by atoms with Crippen LogP contribution in [0.25, 0.3) is 0 Å². The van der Waals surface area contributed by atoms with E-state index in [1.807, 2.05) is 13.1 Å². The largest absolute Gasteiger partial charge is 0.372 e. The van der Waals surface area contributed by atoms with Crippen LogP contribution >= 0.6 is 0 Å². The number of hydrogen-bond donors (Lipinski definition) is 2. The van der Waals surface area contributed by atoms with Crippen molar-refractivity contribution < 1.29 is 4.79 Å². The third-order valence-corrected chi connectivity index (χ3v) is 3.69. The molecule has 0 aromatic carbocycles. The standard InChI is InChI=1S/C13H20N4O/c1-17(10-4-2-9(14)3-5-10)11-6-7-16-12(8-11)13(15)18/h6-10H,2-5,14H2,1H3,(H2,15,18). The minimum Gasteiger partial charge on any atom is -0.372 e. The summed E-state index contributed by atoms with van der Waals surface area (Å²) in [5.74, 6) is -0.490. The fourth-order valence-corrected chi connectivity index (χ4v) is 2.47. The van der Waals surface area contributed by atoms with Gasteiger partial charge in [0.25, 0.3) is 5.91 Å². The van der Waals surface area contributed by atoms with Crippen molar-refractivity contribution in [2.75, 3.05) is 11.9 Å². The van der Waals surface area contributed by atoms with Crippen molar-refractivity contribution in [3.8, 4) is 0 Å². The molecule has 1 fully saturated rings. The van der Waals surface area contributed by atoms with Crippen LogP contribution in [0.15, 0.2) is 18.3 Å². The highest BCUT2D eigenvalue weighted by molar-refractivity contribution is 5.91. The summed E-state index contributed by atoms with van der Waals surface area (Å²) in [6.45, 7) is 0. The SMILES string of the molecule is CN(c1ccnc(C(N)=O)c1)C1CCC(N)CC1. The molecule has 4 N–H and O–H groups in total. The lowest BCUT2D eigenvalue weighted by molar-refractivity contribution is 0.0995. The van der Waals surface area contributed by atoms with Gasteiger partial charge >= 0.3 is 0 Å². The minimum absolute atomic E-state index is 0.312. The molecule has 0 bridgehead atoms. The zero-order valence-corrected chi connectivity index (χ0v) is 10.7. The summed E-state index contributed by atoms with van der Waals surface area (Å²) < 4.78 is 0. The number of rotatable bonds is 3. The molecule has 0 spiro atoms. The van der Waals surface area contributed by atoms with E-state index in [-0.39, 0.29) is 0 Å². The molecule has 5 heteroatoms. The van der Waals surface area contributed by atoms with Crippen LogP contribution in [0, 0.1) is 0 Å². The Labute approximate surface area is 107 Å². The molecule has 98 valence electrons. The molecule has 0 atom stereocenters. The molecule has 1 aliphatic rings. The fourth-order valence-electron chi connectivity index (χ4n) is 2.47. The Morgan fingerprint density at radius 3 is 2.67 bits per heavy atom. The predicted molar refractivity (Wildman–Crippen MR) is 71.4 cm³/mol. The summed E-state index contributed by atoms with van der Waals surface area (Å²) in [7, 11) is 2.04. The first-order chi connectivity index (χ1) is 8.58. The lowest BCUT2D eigenvalue weighted by Crippen LogP contribution is -2.38. The second kappa shape index (κ2) is 5.35. The molecule has 1 aromatic rings. The van der Waals surface area contributed by atoms with E-state index >= 15 is 0 Å². The third-order valence-electron chi connectivity index (χ3n) is 3.69. The predicted octanol–water partition coefficient (Wildman–Crippen LogP) is 0.887. The van der Waals surface area contributed by atoms with Crippen molar-refractivity contribution in [3.63, 3.8) is 0 Å². The first kappa shape index (κ1) is 12.8. The van der Waals surface area contributed by atoms with Crippen molar-refractivity contribution >= 4 is 11.6 Å². The molecular weight excluding hydrogens is 228 g/mol. The summed E-state index contributed by atoms with van der Waals surface area (Å²) in [5.41, 5.74) is 12.5. The maximum absolute atomic E-state index is 11.1. The summed E-state index contributed by atoms with van der Waals surface area (Å²) in [5, 5.41) is 0. The quantitative estimate of drug-likeness (QED) is 0.831. The van der Waals surface area contributed by atoms with Crippen LogP contribution in [-0.2, 0) is 0 Å². The van der Waals surface area contributed by atoms with Crippen LogP contribution in [0.2, 0.25) is 0 Å². The van der Waals surface area contributed by atoms with Gasteiger partial charge in [0.2, 0.25) is 0 Å². The molecular formula is C13H20N4O. The van der Waals surface area contributed by atoms with Crippen LogP contribution in [-0.4, -0.2) is 30.0 Å². The molecule has 1 aliphatic carbocycles. The number of nitrogens with zero attached hydrogens (tertiary/aromatic N) is 2. The van der Waals surface area contributed by atoms with Gasteiger partial charge in [-0.1, -0.05) is 0 Å². The minimum atomic E-state index is -0.490. The van der Waals surface area contributed by atoms with Gasteiger partial charge in [-0.25, -0.2) is 0 Å². The first-order valence-corrected chi connectivity index (χ1v) is 6.32. The van der Waals surface area contributed by atoms with E-state index in [1.165, 1.54) is 0 Å². The highest BCUT2D eigenvalue weighted by Gasteiger charge is 2.22. The van der Waals surface area contributed by atoms with E-state index in [0.29, 0.717) is 17.8 Å². The van der Waals surface area contributed by atoms with Crippen molar-refractivity contribution in [1.29, 1.82) is 0 Å². The molecule has 1 aromatic heterocycles. The number of hydrogen-bond acceptors (Lipinski definition) is 4. The van der Waals surface area contributed by atoms with Crippen LogP contribution in [0.4, 0.5) is 5.69 Å². The Balaban J connectivity index is 2.10. The van der Waals surface area contributed by atoms with Crippen molar-refractivity contribution in [2.45, 2.75) is 37.8 Å². The van der Waals surface area contributed by atoms with E-state index in [0.717, 1.165) is 31.4 Å². The third kappa shape index (κ3) is 2.79. The number of anilines is 1. The van der Waals surface area contributed by atoms with Gasteiger partial charge < -0.3 is 16.4 Å². The molecule has 1 saturated carbocycles. The number of primary amides is 1. The molecule has 5 nitrogen and oxygen atoms in total. The molecule has 1 heterocycles. The van der Waals surface area contributed by atoms with Gasteiger partial charge in [0.15, 0.2) is 0 Å². The Morgan fingerprint density at radius 1 is 1.39 bits per heavy atom. The van der Waals surface area contributed by atoms with Gasteiger partial charge in [-0.2, -0.15) is 0 Å². The molecule has 1 amide bonds. The fraction of sp³-hybridized carbons (Fsp3) is 0.538. The molecule has 18 heavy (non-hydrogen) atoms. The Bertz CT molecular complexity index is 427. The molecule has 0 aliphatic heterocycles. The number of amides is 1. The van der Waals surface area contributed by atoms with Gasteiger partial charge in [0, 0.05) is 31.0 Å². The molecule has 0 saturated heterocycles. The zero-order valence-electron chi connectivity index (χ0n) is 10.7. The van der Waals surface area contributed by atoms with Crippen LogP contribution in [0.3, 0.4) is 0 Å². The normalized spacial score (nSPS) is 23.7. The monoisotopic (exact) mass is 248 g/mol. The van der Waals surface area contributed by atoms with Crippen molar-refractivity contribution in [2.24, 2.45) is 11.5 Å². The van der Waals surface area contributed by atoms with Crippen molar-refractivity contribution in [3.05, 3.63) is 24.0 Å². The van der Waals surface area contributed by atoms with E-state index < -0.39 is 5.91 Å². The van der Waals surface area contributed by atoms with Crippen LogP contribution < -0.4 is 16.4 Å². The number of carbonyl (C=O) groups is 1. The van der Waals surface area contributed by atoms with Gasteiger partial charge in [-0.3, -0.25) is 9.78 Å². The lowest BCUT2D eigenvalue weighted by atomic mass is 9.91. The van der Waals surface area contributed by atoms with E-state index in [2.05, 4.69) is 9.88 Å². The summed E-state index contributed by atoms with van der Waals surface area (Å²) in [4.78, 5) is 17.3. The van der Waals surface area contributed by atoms with Gasteiger partial charge in [0.05, 0.1) is 0 Å². The second-order valence-corrected chi connectivity index (χ2v) is 4.94. The molecule has 0 radical (unpaired) electrons. The molecule has 2 rings (SSSR count). The summed E-state index contributed by atoms with van der Waals surface area (Å²) in [6.07, 6.45) is 5.92. The van der Waals surface area contributed by atoms with Crippen molar-refractivity contribution in [1.82, 2.24) is 4.98 Å². The lowest BCUT2D eigenvalue weighted by Gasteiger charge is -2.35.